The predicted octanol–water partition coefficient (Wildman–Crippen LogP) is 0.269. The maximum atomic E-state index is 10.6. The van der Waals surface area contributed by atoms with Gasteiger partial charge in [-0.2, -0.15) is 0 Å². The summed E-state index contributed by atoms with van der Waals surface area (Å²) in [6.45, 7) is -1.14. The molecule has 0 saturated heterocycles. The number of phenols is 1. The van der Waals surface area contributed by atoms with Crippen molar-refractivity contribution in [2.45, 2.75) is 24.4 Å². The van der Waals surface area contributed by atoms with Crippen molar-refractivity contribution in [3.63, 3.8) is 0 Å². The Balaban J connectivity index is 2.25. The summed E-state index contributed by atoms with van der Waals surface area (Å²) in [6, 6.07) is 8.60. The number of hydrogen-bond donors (Lipinski definition) is 6. The SMILES string of the molecule is COc1cc([C@H](O)[C@@H](CO)Oc2ccc(C(O)C(O)CO)cc2OC)ccc1O. The normalized spacial score (nSPS) is 15.3. The molecule has 4 atom stereocenters. The fourth-order valence-corrected chi connectivity index (χ4v) is 2.74. The van der Waals surface area contributed by atoms with Gasteiger partial charge in [-0.15, -0.1) is 0 Å². The molecule has 0 aliphatic heterocycles. The molecule has 2 aromatic rings. The Morgan fingerprint density at radius 1 is 0.759 bits per heavy atom. The minimum absolute atomic E-state index is 0.0919. The summed E-state index contributed by atoms with van der Waals surface area (Å²) in [7, 11) is 2.75. The molecule has 0 aliphatic rings. The van der Waals surface area contributed by atoms with E-state index in [-0.39, 0.29) is 23.0 Å². The minimum atomic E-state index is -1.36. The lowest BCUT2D eigenvalue weighted by molar-refractivity contribution is -0.0156. The Kier molecular flexibility index (Phi) is 8.06. The summed E-state index contributed by atoms with van der Waals surface area (Å²) in [4.78, 5) is 0. The second kappa shape index (κ2) is 10.3. The van der Waals surface area contributed by atoms with Crippen LogP contribution in [-0.4, -0.2) is 70.3 Å². The van der Waals surface area contributed by atoms with Crippen molar-refractivity contribution in [3.8, 4) is 23.0 Å². The molecule has 2 rings (SSSR count). The highest BCUT2D eigenvalue weighted by atomic mass is 16.5. The molecule has 0 saturated carbocycles. The smallest absolute Gasteiger partial charge is 0.161 e. The van der Waals surface area contributed by atoms with Crippen molar-refractivity contribution in [1.29, 1.82) is 0 Å². The van der Waals surface area contributed by atoms with Gasteiger partial charge >= 0.3 is 0 Å². The van der Waals surface area contributed by atoms with Crippen molar-refractivity contribution >= 4 is 0 Å². The lowest BCUT2D eigenvalue weighted by atomic mass is 10.0. The first kappa shape index (κ1) is 22.7. The highest BCUT2D eigenvalue weighted by molar-refractivity contribution is 5.45. The maximum Gasteiger partial charge on any atom is 0.161 e. The van der Waals surface area contributed by atoms with E-state index in [1.54, 1.807) is 0 Å². The second-order valence-corrected chi connectivity index (χ2v) is 6.32. The summed E-state index contributed by atoms with van der Waals surface area (Å²) >= 11 is 0. The zero-order valence-electron chi connectivity index (χ0n) is 16.1. The Morgan fingerprint density at radius 3 is 1.93 bits per heavy atom. The molecule has 0 spiro atoms. The lowest BCUT2D eigenvalue weighted by Gasteiger charge is -2.25. The zero-order chi connectivity index (χ0) is 21.6. The molecule has 0 bridgehead atoms. The molecule has 0 heterocycles. The first-order valence-corrected chi connectivity index (χ1v) is 8.83. The monoisotopic (exact) mass is 410 g/mol. The second-order valence-electron chi connectivity index (χ2n) is 6.32. The number of phenolic OH excluding ortho intramolecular Hbond substituents is 1. The van der Waals surface area contributed by atoms with Gasteiger partial charge < -0.3 is 44.8 Å². The average molecular weight is 410 g/mol. The van der Waals surface area contributed by atoms with Crippen LogP contribution < -0.4 is 14.2 Å². The quantitative estimate of drug-likeness (QED) is 0.324. The van der Waals surface area contributed by atoms with Crippen LogP contribution in [0, 0.1) is 0 Å². The molecule has 2 aromatic carbocycles. The van der Waals surface area contributed by atoms with Gasteiger partial charge in [-0.1, -0.05) is 12.1 Å². The molecule has 9 nitrogen and oxygen atoms in total. The van der Waals surface area contributed by atoms with Crippen molar-refractivity contribution in [1.82, 2.24) is 0 Å². The molecule has 0 radical (unpaired) electrons. The zero-order valence-corrected chi connectivity index (χ0v) is 16.1. The largest absolute Gasteiger partial charge is 0.504 e. The number of hydrogen-bond acceptors (Lipinski definition) is 9. The molecule has 0 amide bonds. The summed E-state index contributed by atoms with van der Waals surface area (Å²) < 4.78 is 16.0. The van der Waals surface area contributed by atoms with Gasteiger partial charge in [0.25, 0.3) is 0 Å². The number of methoxy groups -OCH3 is 2. The van der Waals surface area contributed by atoms with Crippen molar-refractivity contribution in [2.75, 3.05) is 27.4 Å². The Morgan fingerprint density at radius 2 is 1.34 bits per heavy atom. The van der Waals surface area contributed by atoms with E-state index in [1.807, 2.05) is 0 Å². The highest BCUT2D eigenvalue weighted by Crippen LogP contribution is 2.35. The predicted molar refractivity (Wildman–Crippen MR) is 102 cm³/mol. The number of aliphatic hydroxyl groups excluding tert-OH is 5. The third-order valence-corrected chi connectivity index (χ3v) is 4.44. The van der Waals surface area contributed by atoms with Crippen LogP contribution in [0.3, 0.4) is 0 Å². The number of benzene rings is 2. The van der Waals surface area contributed by atoms with E-state index in [0.29, 0.717) is 11.1 Å². The van der Waals surface area contributed by atoms with Crippen LogP contribution in [0.1, 0.15) is 23.3 Å². The highest BCUT2D eigenvalue weighted by Gasteiger charge is 2.25. The van der Waals surface area contributed by atoms with Crippen LogP contribution >= 0.6 is 0 Å². The molecule has 29 heavy (non-hydrogen) atoms. The van der Waals surface area contributed by atoms with Crippen molar-refractivity contribution in [3.05, 3.63) is 47.5 Å². The lowest BCUT2D eigenvalue weighted by Crippen LogP contribution is -2.29. The maximum absolute atomic E-state index is 10.6. The molecule has 6 N–H and O–H groups in total. The average Bonchev–Trinajstić information content (AvgIpc) is 2.76. The Labute approximate surface area is 168 Å². The van der Waals surface area contributed by atoms with E-state index < -0.39 is 37.6 Å². The van der Waals surface area contributed by atoms with Gasteiger partial charge in [0.1, 0.15) is 18.3 Å². The van der Waals surface area contributed by atoms with Crippen LogP contribution in [0.5, 0.6) is 23.0 Å². The number of ether oxygens (including phenoxy) is 3. The van der Waals surface area contributed by atoms with E-state index in [0.717, 1.165) is 0 Å². The summed E-state index contributed by atoms with van der Waals surface area (Å²) in [5.74, 6) is 0.453. The topological polar surface area (TPSA) is 149 Å². The molecular formula is C20H26O9. The first-order chi connectivity index (χ1) is 13.9. The van der Waals surface area contributed by atoms with Gasteiger partial charge in [-0.25, -0.2) is 0 Å². The Bertz CT molecular complexity index is 796. The van der Waals surface area contributed by atoms with E-state index in [2.05, 4.69) is 0 Å². The van der Waals surface area contributed by atoms with Gasteiger partial charge in [0.15, 0.2) is 29.1 Å². The van der Waals surface area contributed by atoms with Crippen LogP contribution in [0.2, 0.25) is 0 Å². The Hall–Kier alpha value is -2.56. The molecule has 0 fully saturated rings. The van der Waals surface area contributed by atoms with E-state index in [1.165, 1.54) is 50.6 Å². The van der Waals surface area contributed by atoms with Gasteiger partial charge in [-0.05, 0) is 35.4 Å². The number of aliphatic hydroxyl groups is 5. The number of rotatable bonds is 10. The molecule has 160 valence electrons. The van der Waals surface area contributed by atoms with Crippen molar-refractivity contribution < 1.29 is 44.8 Å². The van der Waals surface area contributed by atoms with E-state index >= 15 is 0 Å². The molecular weight excluding hydrogens is 384 g/mol. The standard InChI is InChI=1S/C20H26O9/c1-27-16-7-12(3-5-13(16)23)20(26)18(10-22)29-15-6-4-11(8-17(15)28-2)19(25)14(24)9-21/h3-8,14,18-26H,9-10H2,1-2H3/t14?,18-,19?,20+/m1/s1. The van der Waals surface area contributed by atoms with Crippen LogP contribution in [0.25, 0.3) is 0 Å². The first-order valence-electron chi connectivity index (χ1n) is 8.83. The van der Waals surface area contributed by atoms with E-state index in [9.17, 15) is 25.5 Å². The molecule has 2 unspecified atom stereocenters. The van der Waals surface area contributed by atoms with Gasteiger partial charge in [0, 0.05) is 0 Å². The molecule has 9 heteroatoms. The third-order valence-electron chi connectivity index (χ3n) is 4.44. The van der Waals surface area contributed by atoms with Crippen LogP contribution in [-0.2, 0) is 0 Å². The van der Waals surface area contributed by atoms with Gasteiger partial charge in [0.2, 0.25) is 0 Å². The summed E-state index contributed by atoms with van der Waals surface area (Å²) in [6.07, 6.45) is -5.01. The van der Waals surface area contributed by atoms with Gasteiger partial charge in [0.05, 0.1) is 27.4 Å². The fourth-order valence-electron chi connectivity index (χ4n) is 2.74. The van der Waals surface area contributed by atoms with Crippen molar-refractivity contribution in [2.24, 2.45) is 0 Å². The fraction of sp³-hybridized carbons (Fsp3) is 0.400. The van der Waals surface area contributed by atoms with E-state index in [4.69, 9.17) is 19.3 Å². The summed E-state index contributed by atoms with van der Waals surface area (Å²) in [5.41, 5.74) is 0.649. The molecule has 0 aliphatic carbocycles. The number of aromatic hydroxyl groups is 1. The molecule has 0 aromatic heterocycles. The van der Waals surface area contributed by atoms with Gasteiger partial charge in [-0.3, -0.25) is 0 Å². The van der Waals surface area contributed by atoms with Crippen LogP contribution in [0.4, 0.5) is 0 Å². The minimum Gasteiger partial charge on any atom is -0.504 e. The third kappa shape index (κ3) is 5.28. The summed E-state index contributed by atoms with van der Waals surface area (Å²) in [5, 5.41) is 58.6. The van der Waals surface area contributed by atoms with Crippen LogP contribution in [0.15, 0.2) is 36.4 Å².